The van der Waals surface area contributed by atoms with Gasteiger partial charge in [0.05, 0.1) is 19.3 Å². The fraction of sp³-hybridized carbons (Fsp3) is 0.818. The van der Waals surface area contributed by atoms with Crippen molar-refractivity contribution >= 4 is 0 Å². The van der Waals surface area contributed by atoms with Gasteiger partial charge in [-0.25, -0.2) is 0 Å². The van der Waals surface area contributed by atoms with E-state index in [1.54, 1.807) is 0 Å². The van der Waals surface area contributed by atoms with Crippen LogP contribution in [0.4, 0.5) is 0 Å². The fourth-order valence-electron chi connectivity index (χ4n) is 3.61. The number of allylic oxidation sites excluding steroid dienone is 3. The van der Waals surface area contributed by atoms with E-state index in [0.717, 1.165) is 18.4 Å². The molecule has 2 heterocycles. The second-order valence-corrected chi connectivity index (χ2v) is 8.69. The van der Waals surface area contributed by atoms with Crippen molar-refractivity contribution in [3.63, 3.8) is 0 Å². The monoisotopic (exact) mass is 462 g/mol. The van der Waals surface area contributed by atoms with Crippen molar-refractivity contribution in [1.29, 1.82) is 0 Å². The Morgan fingerprint density at radius 2 is 1.53 bits per heavy atom. The van der Waals surface area contributed by atoms with E-state index in [-0.39, 0.29) is 6.61 Å². The molecule has 0 aromatic heterocycles. The molecule has 6 N–H and O–H groups in total. The first-order chi connectivity index (χ1) is 15.1. The molecule has 0 spiro atoms. The second kappa shape index (κ2) is 12.5. The summed E-state index contributed by atoms with van der Waals surface area (Å²) in [5.41, 5.74) is 2.34. The quantitative estimate of drug-likeness (QED) is 0.243. The largest absolute Gasteiger partial charge is 0.394 e. The number of ether oxygens (including phenoxy) is 4. The molecule has 2 aliphatic heterocycles. The molecule has 0 aromatic rings. The average molecular weight is 463 g/mol. The summed E-state index contributed by atoms with van der Waals surface area (Å²) in [7, 11) is 0. The Morgan fingerprint density at radius 1 is 0.844 bits per heavy atom. The van der Waals surface area contributed by atoms with Crippen molar-refractivity contribution in [2.45, 2.75) is 102 Å². The van der Waals surface area contributed by atoms with E-state index in [4.69, 9.17) is 18.9 Å². The number of hydrogen-bond donors (Lipinski definition) is 6. The molecule has 0 saturated carbocycles. The third-order valence-electron chi connectivity index (χ3n) is 5.71. The van der Waals surface area contributed by atoms with Crippen molar-refractivity contribution in [3.05, 3.63) is 23.3 Å². The Hall–Kier alpha value is -0.920. The minimum Gasteiger partial charge on any atom is -0.394 e. The van der Waals surface area contributed by atoms with Crippen molar-refractivity contribution in [2.24, 2.45) is 0 Å². The van der Waals surface area contributed by atoms with Gasteiger partial charge in [0.15, 0.2) is 12.6 Å². The van der Waals surface area contributed by atoms with Crippen LogP contribution in [-0.2, 0) is 18.9 Å². The lowest BCUT2D eigenvalue weighted by Crippen LogP contribution is -2.64. The Morgan fingerprint density at radius 3 is 2.16 bits per heavy atom. The van der Waals surface area contributed by atoms with Gasteiger partial charge in [-0.15, -0.1) is 0 Å². The molecule has 10 heteroatoms. The third-order valence-corrected chi connectivity index (χ3v) is 5.71. The highest BCUT2D eigenvalue weighted by atomic mass is 16.7. The topological polar surface area (TPSA) is 158 Å². The summed E-state index contributed by atoms with van der Waals surface area (Å²) in [4.78, 5) is 0. The van der Waals surface area contributed by atoms with Crippen LogP contribution in [0.3, 0.4) is 0 Å². The normalized spacial score (nSPS) is 40.9. The maximum Gasteiger partial charge on any atom is 0.187 e. The van der Waals surface area contributed by atoms with Crippen LogP contribution < -0.4 is 0 Å². The highest BCUT2D eigenvalue weighted by molar-refractivity contribution is 5.02. The maximum atomic E-state index is 10.7. The summed E-state index contributed by atoms with van der Waals surface area (Å²) in [5.74, 6) is 0. The lowest BCUT2D eigenvalue weighted by atomic mass is 9.97. The summed E-state index contributed by atoms with van der Waals surface area (Å²) >= 11 is 0. The molecule has 2 fully saturated rings. The zero-order chi connectivity index (χ0) is 24.0. The average Bonchev–Trinajstić information content (AvgIpc) is 2.74. The van der Waals surface area contributed by atoms with Crippen molar-refractivity contribution in [3.8, 4) is 0 Å². The molecule has 0 aromatic carbocycles. The minimum absolute atomic E-state index is 0.133. The number of aliphatic hydroxyl groups is 6. The first-order valence-corrected chi connectivity index (χ1v) is 10.9. The number of rotatable bonds is 9. The van der Waals surface area contributed by atoms with Crippen LogP contribution in [0.1, 0.15) is 40.5 Å². The van der Waals surface area contributed by atoms with Gasteiger partial charge in [0.2, 0.25) is 0 Å². The van der Waals surface area contributed by atoms with E-state index in [1.165, 1.54) is 12.5 Å². The zero-order valence-corrected chi connectivity index (χ0v) is 19.1. The Labute approximate surface area is 188 Å². The molecule has 2 saturated heterocycles. The van der Waals surface area contributed by atoms with Crippen LogP contribution in [0.5, 0.6) is 0 Å². The molecule has 10 atom stereocenters. The van der Waals surface area contributed by atoms with Gasteiger partial charge in [-0.1, -0.05) is 23.3 Å². The van der Waals surface area contributed by atoms with Gasteiger partial charge in [0.25, 0.3) is 0 Å². The van der Waals surface area contributed by atoms with Crippen LogP contribution >= 0.6 is 0 Å². The van der Waals surface area contributed by atoms with E-state index in [0.29, 0.717) is 0 Å². The molecule has 0 unspecified atom stereocenters. The smallest absolute Gasteiger partial charge is 0.187 e. The molecular formula is C22H38O10. The third kappa shape index (κ3) is 7.04. The SMILES string of the molecule is CC(C)=CCC/C(C)=C/CO[C@@H]1O[C@H](CO)[C@@H](O)[C@H](O[C@@H]2O[C@@H](C)[C@H](O)[C@@H](O)[C@H]2O)[C@H]1O. The molecule has 32 heavy (non-hydrogen) atoms. The number of aliphatic hydroxyl groups excluding tert-OH is 6. The van der Waals surface area contributed by atoms with E-state index in [1.807, 2.05) is 26.8 Å². The highest BCUT2D eigenvalue weighted by Gasteiger charge is 2.50. The first-order valence-electron chi connectivity index (χ1n) is 10.9. The highest BCUT2D eigenvalue weighted by Crippen LogP contribution is 2.29. The first kappa shape index (κ1) is 27.3. The molecule has 10 nitrogen and oxygen atoms in total. The van der Waals surface area contributed by atoms with E-state index < -0.39 is 68.0 Å². The minimum atomic E-state index is -1.61. The molecule has 0 aliphatic carbocycles. The van der Waals surface area contributed by atoms with Gasteiger partial charge in [-0.2, -0.15) is 0 Å². The molecular weight excluding hydrogens is 424 g/mol. The lowest BCUT2D eigenvalue weighted by Gasteiger charge is -2.45. The van der Waals surface area contributed by atoms with Crippen molar-refractivity contribution < 1.29 is 49.6 Å². The summed E-state index contributed by atoms with van der Waals surface area (Å²) in [6, 6.07) is 0. The van der Waals surface area contributed by atoms with Gasteiger partial charge in [-0.05, 0) is 40.5 Å². The van der Waals surface area contributed by atoms with Gasteiger partial charge < -0.3 is 49.6 Å². The maximum absolute atomic E-state index is 10.7. The standard InChI is InChI=1S/C22H38O10/c1-11(2)6-5-7-12(3)8-9-29-21-19(28)20(16(25)14(10-23)31-21)32-22-18(27)17(26)15(24)13(4)30-22/h6,8,13-28H,5,7,9-10H2,1-4H3/b12-8+/t13-,14+,15-,16+,17+,18+,19+,20-,21+,22-/m0/s1. The molecule has 186 valence electrons. The van der Waals surface area contributed by atoms with Gasteiger partial charge in [0.1, 0.15) is 42.7 Å². The van der Waals surface area contributed by atoms with Gasteiger partial charge >= 0.3 is 0 Å². The Bertz CT molecular complexity index is 634. The van der Waals surface area contributed by atoms with Crippen molar-refractivity contribution in [1.82, 2.24) is 0 Å². The van der Waals surface area contributed by atoms with Gasteiger partial charge in [-0.3, -0.25) is 0 Å². The van der Waals surface area contributed by atoms with E-state index in [2.05, 4.69) is 6.08 Å². The molecule has 0 radical (unpaired) electrons. The van der Waals surface area contributed by atoms with Gasteiger partial charge in [0, 0.05) is 0 Å². The predicted molar refractivity (Wildman–Crippen MR) is 113 cm³/mol. The lowest BCUT2D eigenvalue weighted by molar-refractivity contribution is -0.356. The summed E-state index contributed by atoms with van der Waals surface area (Å²) in [6.45, 7) is 7.10. The van der Waals surface area contributed by atoms with Crippen molar-refractivity contribution in [2.75, 3.05) is 13.2 Å². The summed E-state index contributed by atoms with van der Waals surface area (Å²) in [6.07, 6.45) is -7.56. The van der Waals surface area contributed by atoms with E-state index >= 15 is 0 Å². The van der Waals surface area contributed by atoms with E-state index in [9.17, 15) is 30.6 Å². The molecule has 2 aliphatic rings. The van der Waals surface area contributed by atoms with Crippen LogP contribution in [0, 0.1) is 0 Å². The predicted octanol–water partition coefficient (Wildman–Crippen LogP) is -0.653. The Kier molecular flexibility index (Phi) is 10.7. The Balaban J connectivity index is 2.01. The molecule has 0 bridgehead atoms. The molecule has 2 rings (SSSR count). The second-order valence-electron chi connectivity index (χ2n) is 8.69. The number of hydrogen-bond acceptors (Lipinski definition) is 10. The van der Waals surface area contributed by atoms with Crippen LogP contribution in [0.15, 0.2) is 23.3 Å². The van der Waals surface area contributed by atoms with Crippen LogP contribution in [0.25, 0.3) is 0 Å². The molecule has 0 amide bonds. The zero-order valence-electron chi connectivity index (χ0n) is 19.1. The van der Waals surface area contributed by atoms with Crippen LogP contribution in [-0.4, -0.2) is 105 Å². The summed E-state index contributed by atoms with van der Waals surface area (Å²) in [5, 5.41) is 60.7. The summed E-state index contributed by atoms with van der Waals surface area (Å²) < 4.78 is 22.1. The van der Waals surface area contributed by atoms with Crippen LogP contribution in [0.2, 0.25) is 0 Å². The fourth-order valence-corrected chi connectivity index (χ4v) is 3.61.